The van der Waals surface area contributed by atoms with E-state index >= 15 is 0 Å². The first-order valence-corrected chi connectivity index (χ1v) is 5.33. The van der Waals surface area contributed by atoms with E-state index < -0.39 is 0 Å². The lowest BCUT2D eigenvalue weighted by atomic mass is 9.77. The van der Waals surface area contributed by atoms with Crippen molar-refractivity contribution in [2.45, 2.75) is 51.6 Å². The Kier molecular flexibility index (Phi) is 2.69. The maximum Gasteiger partial charge on any atom is 0.0659 e. The van der Waals surface area contributed by atoms with Crippen LogP contribution in [0.4, 0.5) is 0 Å². The minimum absolute atomic E-state index is 0.535. The van der Waals surface area contributed by atoms with Crippen molar-refractivity contribution >= 4 is 0 Å². The summed E-state index contributed by atoms with van der Waals surface area (Å²) in [6.07, 6.45) is 8.99. The Bertz CT molecular complexity index is 134. The summed E-state index contributed by atoms with van der Waals surface area (Å²) in [6.45, 7) is 3.30. The van der Waals surface area contributed by atoms with Gasteiger partial charge in [-0.1, -0.05) is 26.2 Å². The van der Waals surface area contributed by atoms with E-state index in [0.717, 1.165) is 12.5 Å². The zero-order valence-electron chi connectivity index (χ0n) is 8.01. The van der Waals surface area contributed by atoms with Gasteiger partial charge in [0.1, 0.15) is 0 Å². The standard InChI is InChI=1S/C11H19O/c1-9(11-7-8-12-11)10-5-3-2-4-6-10/h10-11H,2-8H2,1H3. The third-order valence-electron chi connectivity index (χ3n) is 3.46. The van der Waals surface area contributed by atoms with Gasteiger partial charge in [-0.15, -0.1) is 0 Å². The van der Waals surface area contributed by atoms with Crippen molar-refractivity contribution in [2.75, 3.05) is 6.61 Å². The highest BCUT2D eigenvalue weighted by atomic mass is 16.5. The lowest BCUT2D eigenvalue weighted by Gasteiger charge is -2.37. The molecule has 1 aliphatic heterocycles. The summed E-state index contributed by atoms with van der Waals surface area (Å²) in [4.78, 5) is 0. The maximum absolute atomic E-state index is 5.51. The van der Waals surface area contributed by atoms with Gasteiger partial charge in [0.05, 0.1) is 6.10 Å². The monoisotopic (exact) mass is 167 g/mol. The van der Waals surface area contributed by atoms with Crippen molar-refractivity contribution in [1.82, 2.24) is 0 Å². The molecular formula is C11H19O. The van der Waals surface area contributed by atoms with E-state index in [2.05, 4.69) is 6.92 Å². The Morgan fingerprint density at radius 1 is 1.08 bits per heavy atom. The quantitative estimate of drug-likeness (QED) is 0.614. The first kappa shape index (κ1) is 8.55. The summed E-state index contributed by atoms with van der Waals surface area (Å²) in [7, 11) is 0. The fraction of sp³-hybridized carbons (Fsp3) is 0.909. The minimum atomic E-state index is 0.535. The second-order valence-corrected chi connectivity index (χ2v) is 4.23. The summed E-state index contributed by atoms with van der Waals surface area (Å²) in [5.41, 5.74) is 0. The topological polar surface area (TPSA) is 9.23 Å². The molecule has 2 aliphatic rings. The molecular weight excluding hydrogens is 148 g/mol. The van der Waals surface area contributed by atoms with E-state index in [-0.39, 0.29) is 0 Å². The molecule has 12 heavy (non-hydrogen) atoms. The van der Waals surface area contributed by atoms with Crippen LogP contribution in [-0.4, -0.2) is 12.7 Å². The molecule has 1 atom stereocenters. The molecule has 0 spiro atoms. The normalized spacial score (nSPS) is 32.0. The number of hydrogen-bond acceptors (Lipinski definition) is 1. The van der Waals surface area contributed by atoms with Crippen LogP contribution in [-0.2, 0) is 4.74 Å². The Hall–Kier alpha value is -0.0400. The van der Waals surface area contributed by atoms with Crippen LogP contribution in [0.2, 0.25) is 0 Å². The average molecular weight is 167 g/mol. The van der Waals surface area contributed by atoms with Crippen LogP contribution in [0.3, 0.4) is 0 Å². The van der Waals surface area contributed by atoms with Gasteiger partial charge in [0, 0.05) is 12.5 Å². The molecule has 1 nitrogen and oxygen atoms in total. The van der Waals surface area contributed by atoms with Crippen molar-refractivity contribution in [2.24, 2.45) is 5.92 Å². The van der Waals surface area contributed by atoms with Gasteiger partial charge in [0.2, 0.25) is 0 Å². The molecule has 1 unspecified atom stereocenters. The van der Waals surface area contributed by atoms with Gasteiger partial charge in [0.15, 0.2) is 0 Å². The highest BCUT2D eigenvalue weighted by molar-refractivity contribution is 5.02. The molecule has 1 saturated heterocycles. The third-order valence-corrected chi connectivity index (χ3v) is 3.46. The molecule has 2 rings (SSSR count). The van der Waals surface area contributed by atoms with Gasteiger partial charge in [0.25, 0.3) is 0 Å². The summed E-state index contributed by atoms with van der Waals surface area (Å²) in [5, 5.41) is 0. The Labute approximate surface area is 75.5 Å². The second-order valence-electron chi connectivity index (χ2n) is 4.23. The van der Waals surface area contributed by atoms with Crippen LogP contribution in [0.1, 0.15) is 45.4 Å². The fourth-order valence-electron chi connectivity index (χ4n) is 2.42. The Morgan fingerprint density at radius 2 is 1.75 bits per heavy atom. The predicted molar refractivity (Wildman–Crippen MR) is 49.8 cm³/mol. The van der Waals surface area contributed by atoms with Crippen LogP contribution in [0.15, 0.2) is 0 Å². The maximum atomic E-state index is 5.51. The van der Waals surface area contributed by atoms with Crippen molar-refractivity contribution in [3.8, 4) is 0 Å². The van der Waals surface area contributed by atoms with Gasteiger partial charge in [-0.25, -0.2) is 0 Å². The molecule has 0 aromatic rings. The molecule has 1 radical (unpaired) electrons. The smallest absolute Gasteiger partial charge is 0.0659 e. The molecule has 69 valence electrons. The lowest BCUT2D eigenvalue weighted by Crippen LogP contribution is -2.36. The fourth-order valence-corrected chi connectivity index (χ4v) is 2.42. The summed E-state index contributed by atoms with van der Waals surface area (Å²) >= 11 is 0. The molecule has 1 saturated carbocycles. The second kappa shape index (κ2) is 3.78. The van der Waals surface area contributed by atoms with Crippen LogP contribution < -0.4 is 0 Å². The van der Waals surface area contributed by atoms with Crippen LogP contribution >= 0.6 is 0 Å². The molecule has 2 fully saturated rings. The molecule has 0 amide bonds. The summed E-state index contributed by atoms with van der Waals surface area (Å²) in [6, 6.07) is 0. The van der Waals surface area contributed by atoms with E-state index in [0.29, 0.717) is 6.10 Å². The van der Waals surface area contributed by atoms with E-state index in [9.17, 15) is 0 Å². The number of ether oxygens (including phenoxy) is 1. The van der Waals surface area contributed by atoms with Crippen LogP contribution in [0, 0.1) is 11.8 Å². The van der Waals surface area contributed by atoms with Gasteiger partial charge >= 0.3 is 0 Å². The van der Waals surface area contributed by atoms with E-state index in [1.54, 1.807) is 5.92 Å². The highest BCUT2D eigenvalue weighted by Gasteiger charge is 2.31. The highest BCUT2D eigenvalue weighted by Crippen LogP contribution is 2.36. The van der Waals surface area contributed by atoms with Gasteiger partial charge < -0.3 is 4.74 Å². The van der Waals surface area contributed by atoms with E-state index in [1.807, 2.05) is 0 Å². The van der Waals surface area contributed by atoms with Gasteiger partial charge in [-0.05, 0) is 25.2 Å². The molecule has 1 heteroatoms. The first-order valence-electron chi connectivity index (χ1n) is 5.33. The summed E-state index contributed by atoms with van der Waals surface area (Å²) in [5.74, 6) is 2.53. The lowest BCUT2D eigenvalue weighted by molar-refractivity contribution is -0.0490. The molecule has 1 aliphatic carbocycles. The Balaban J connectivity index is 1.80. The molecule has 1 heterocycles. The predicted octanol–water partition coefficient (Wildman–Crippen LogP) is 2.95. The van der Waals surface area contributed by atoms with E-state index in [1.165, 1.54) is 38.5 Å². The zero-order valence-corrected chi connectivity index (χ0v) is 8.01. The SMILES string of the molecule is C[C](C1CCCCC1)C1CCO1. The number of rotatable bonds is 2. The molecule has 0 aromatic heterocycles. The third kappa shape index (κ3) is 1.66. The van der Waals surface area contributed by atoms with Crippen molar-refractivity contribution in [1.29, 1.82) is 0 Å². The van der Waals surface area contributed by atoms with Gasteiger partial charge in [-0.2, -0.15) is 0 Å². The van der Waals surface area contributed by atoms with Crippen molar-refractivity contribution in [3.63, 3.8) is 0 Å². The molecule has 0 aromatic carbocycles. The zero-order chi connectivity index (χ0) is 8.39. The van der Waals surface area contributed by atoms with Crippen LogP contribution in [0.25, 0.3) is 0 Å². The minimum Gasteiger partial charge on any atom is -0.377 e. The molecule has 0 bridgehead atoms. The Morgan fingerprint density at radius 3 is 2.25 bits per heavy atom. The van der Waals surface area contributed by atoms with Crippen LogP contribution in [0.5, 0.6) is 0 Å². The largest absolute Gasteiger partial charge is 0.377 e. The average Bonchev–Trinajstić information content (AvgIpc) is 2.03. The van der Waals surface area contributed by atoms with Crippen molar-refractivity contribution < 1.29 is 4.74 Å². The summed E-state index contributed by atoms with van der Waals surface area (Å²) < 4.78 is 5.51. The number of hydrogen-bond donors (Lipinski definition) is 0. The molecule has 0 N–H and O–H groups in total. The van der Waals surface area contributed by atoms with Gasteiger partial charge in [-0.3, -0.25) is 0 Å². The first-order chi connectivity index (χ1) is 5.88. The van der Waals surface area contributed by atoms with Crippen molar-refractivity contribution in [3.05, 3.63) is 5.92 Å². The van der Waals surface area contributed by atoms with E-state index in [4.69, 9.17) is 4.74 Å².